The highest BCUT2D eigenvalue weighted by Crippen LogP contribution is 2.34. The molecule has 2 nitrogen and oxygen atoms in total. The average molecular weight is 260 g/mol. The molecule has 0 bridgehead atoms. The maximum atomic E-state index is 2.52. The zero-order chi connectivity index (χ0) is 13.5. The maximum Gasteiger partial charge on any atom is 0.0901 e. The highest BCUT2D eigenvalue weighted by atomic mass is 15.4. The number of para-hydroxylation sites is 2. The van der Waals surface area contributed by atoms with E-state index in [2.05, 4.69) is 48.0 Å². The maximum absolute atomic E-state index is 2.52. The Morgan fingerprint density at radius 1 is 0.895 bits per heavy atom. The van der Waals surface area contributed by atoms with Crippen molar-refractivity contribution in [2.24, 2.45) is 0 Å². The molecule has 106 valence electrons. The highest BCUT2D eigenvalue weighted by molar-refractivity contribution is 5.75. The van der Waals surface area contributed by atoms with Crippen molar-refractivity contribution in [3.8, 4) is 0 Å². The summed E-state index contributed by atoms with van der Waals surface area (Å²) < 4.78 is 0. The first-order valence-electron chi connectivity index (χ1n) is 7.88. The number of hydrogen-bond acceptors (Lipinski definition) is 2. The molecule has 0 saturated carbocycles. The number of benzene rings is 1. The van der Waals surface area contributed by atoms with Gasteiger partial charge in [-0.1, -0.05) is 57.6 Å². The third-order valence-electron chi connectivity index (χ3n) is 4.05. The Bertz CT molecular complexity index is 375. The summed E-state index contributed by atoms with van der Waals surface area (Å²) in [4.78, 5) is 4.86. The van der Waals surface area contributed by atoms with Crippen LogP contribution in [-0.4, -0.2) is 20.3 Å². The fourth-order valence-corrected chi connectivity index (χ4v) is 2.91. The predicted octanol–water partition coefficient (Wildman–Crippen LogP) is 4.65. The van der Waals surface area contributed by atoms with Crippen molar-refractivity contribution < 1.29 is 0 Å². The first-order chi connectivity index (χ1) is 9.33. The smallest absolute Gasteiger partial charge is 0.0901 e. The van der Waals surface area contributed by atoms with Crippen LogP contribution in [0.1, 0.15) is 51.9 Å². The van der Waals surface area contributed by atoms with Crippen LogP contribution >= 0.6 is 0 Å². The first kappa shape index (κ1) is 14.2. The quantitative estimate of drug-likeness (QED) is 0.628. The van der Waals surface area contributed by atoms with Crippen LogP contribution in [0.15, 0.2) is 24.3 Å². The summed E-state index contributed by atoms with van der Waals surface area (Å²) >= 11 is 0. The minimum atomic E-state index is 1.05. The summed E-state index contributed by atoms with van der Waals surface area (Å²) in [6.45, 7) is 4.53. The van der Waals surface area contributed by atoms with Crippen LogP contribution in [0.2, 0.25) is 0 Å². The van der Waals surface area contributed by atoms with Crippen LogP contribution in [0.5, 0.6) is 0 Å². The van der Waals surface area contributed by atoms with Crippen LogP contribution in [0.25, 0.3) is 0 Å². The van der Waals surface area contributed by atoms with Gasteiger partial charge >= 0.3 is 0 Å². The number of nitrogens with zero attached hydrogens (tertiary/aromatic N) is 2. The Labute approximate surface area is 118 Å². The van der Waals surface area contributed by atoms with E-state index in [9.17, 15) is 0 Å². The number of hydrogen-bond donors (Lipinski definition) is 0. The Morgan fingerprint density at radius 2 is 1.53 bits per heavy atom. The standard InChI is InChI=1S/C17H28N2/c1-3-4-5-6-7-8-11-14-19-15-18(2)16-12-9-10-13-17(16)19/h9-10,12-13H,3-8,11,14-15H2,1-2H3. The van der Waals surface area contributed by atoms with E-state index < -0.39 is 0 Å². The Kier molecular flexibility index (Phi) is 5.56. The van der Waals surface area contributed by atoms with Crippen molar-refractivity contribution >= 4 is 11.4 Å². The molecule has 2 heteroatoms. The van der Waals surface area contributed by atoms with Crippen LogP contribution in [0.3, 0.4) is 0 Å². The molecule has 1 aromatic carbocycles. The van der Waals surface area contributed by atoms with E-state index in [1.807, 2.05) is 0 Å². The lowest BCUT2D eigenvalue weighted by atomic mass is 10.1. The van der Waals surface area contributed by atoms with Gasteiger partial charge in [0.05, 0.1) is 18.0 Å². The van der Waals surface area contributed by atoms with Crippen molar-refractivity contribution in [1.82, 2.24) is 0 Å². The van der Waals surface area contributed by atoms with Crippen LogP contribution < -0.4 is 9.80 Å². The van der Waals surface area contributed by atoms with Crippen molar-refractivity contribution in [3.63, 3.8) is 0 Å². The second-order valence-electron chi connectivity index (χ2n) is 5.71. The normalized spacial score (nSPS) is 14.0. The van der Waals surface area contributed by atoms with Gasteiger partial charge in [0.2, 0.25) is 0 Å². The summed E-state index contributed by atoms with van der Waals surface area (Å²) in [5, 5.41) is 0. The van der Waals surface area contributed by atoms with Crippen molar-refractivity contribution in [3.05, 3.63) is 24.3 Å². The highest BCUT2D eigenvalue weighted by Gasteiger charge is 2.21. The van der Waals surface area contributed by atoms with E-state index in [1.165, 1.54) is 62.9 Å². The molecule has 0 unspecified atom stereocenters. The van der Waals surface area contributed by atoms with Crippen LogP contribution in [0.4, 0.5) is 11.4 Å². The van der Waals surface area contributed by atoms with E-state index in [1.54, 1.807) is 0 Å². The van der Waals surface area contributed by atoms with Gasteiger partial charge in [0.15, 0.2) is 0 Å². The lowest BCUT2D eigenvalue weighted by Gasteiger charge is -2.19. The van der Waals surface area contributed by atoms with Gasteiger partial charge in [-0.05, 0) is 18.6 Å². The van der Waals surface area contributed by atoms with Gasteiger partial charge in [-0.25, -0.2) is 0 Å². The molecule has 0 aromatic heterocycles. The SMILES string of the molecule is CCCCCCCCCN1CN(C)c2ccccc21. The van der Waals surface area contributed by atoms with Gasteiger partial charge in [0.25, 0.3) is 0 Å². The molecule has 0 aliphatic carbocycles. The van der Waals surface area contributed by atoms with E-state index in [-0.39, 0.29) is 0 Å². The van der Waals surface area contributed by atoms with E-state index in [4.69, 9.17) is 0 Å². The summed E-state index contributed by atoms with van der Waals surface area (Å²) in [6, 6.07) is 8.75. The van der Waals surface area contributed by atoms with E-state index in [0.29, 0.717) is 0 Å². The van der Waals surface area contributed by atoms with Gasteiger partial charge in [0, 0.05) is 13.6 Å². The lowest BCUT2D eigenvalue weighted by molar-refractivity contribution is 0.585. The topological polar surface area (TPSA) is 6.48 Å². The van der Waals surface area contributed by atoms with Gasteiger partial charge in [-0.3, -0.25) is 0 Å². The molecule has 1 heterocycles. The molecule has 0 radical (unpaired) electrons. The molecular weight excluding hydrogens is 232 g/mol. The largest absolute Gasteiger partial charge is 0.355 e. The zero-order valence-electron chi connectivity index (χ0n) is 12.6. The zero-order valence-corrected chi connectivity index (χ0v) is 12.6. The van der Waals surface area contributed by atoms with Gasteiger partial charge < -0.3 is 9.80 Å². The number of rotatable bonds is 8. The summed E-state index contributed by atoms with van der Waals surface area (Å²) in [6.07, 6.45) is 9.71. The number of fused-ring (bicyclic) bond motifs is 1. The van der Waals surface area contributed by atoms with Crippen LogP contribution in [0, 0.1) is 0 Å². The molecule has 1 aliphatic rings. The molecule has 0 N–H and O–H groups in total. The number of unbranched alkanes of at least 4 members (excludes halogenated alkanes) is 6. The molecule has 0 saturated heterocycles. The Morgan fingerprint density at radius 3 is 2.26 bits per heavy atom. The first-order valence-corrected chi connectivity index (χ1v) is 7.88. The van der Waals surface area contributed by atoms with Gasteiger partial charge in [0.1, 0.15) is 0 Å². The third kappa shape index (κ3) is 3.89. The van der Waals surface area contributed by atoms with Gasteiger partial charge in [-0.15, -0.1) is 0 Å². The van der Waals surface area contributed by atoms with Crippen molar-refractivity contribution in [2.45, 2.75) is 51.9 Å². The molecule has 0 atom stereocenters. The molecule has 2 rings (SSSR count). The molecule has 0 fully saturated rings. The van der Waals surface area contributed by atoms with E-state index >= 15 is 0 Å². The monoisotopic (exact) mass is 260 g/mol. The summed E-state index contributed by atoms with van der Waals surface area (Å²) in [5.74, 6) is 0. The molecule has 19 heavy (non-hydrogen) atoms. The van der Waals surface area contributed by atoms with Gasteiger partial charge in [-0.2, -0.15) is 0 Å². The Balaban J connectivity index is 1.68. The summed E-state index contributed by atoms with van der Waals surface area (Å²) in [5.41, 5.74) is 2.79. The molecule has 1 aromatic rings. The minimum Gasteiger partial charge on any atom is -0.355 e. The lowest BCUT2D eigenvalue weighted by Crippen LogP contribution is -2.28. The Hall–Kier alpha value is -1.18. The van der Waals surface area contributed by atoms with Crippen molar-refractivity contribution in [2.75, 3.05) is 30.1 Å². The molecule has 0 spiro atoms. The second-order valence-corrected chi connectivity index (χ2v) is 5.71. The average Bonchev–Trinajstić information content (AvgIpc) is 2.75. The van der Waals surface area contributed by atoms with E-state index in [0.717, 1.165) is 6.67 Å². The van der Waals surface area contributed by atoms with Crippen molar-refractivity contribution in [1.29, 1.82) is 0 Å². The second kappa shape index (κ2) is 7.42. The molecular formula is C17H28N2. The van der Waals surface area contributed by atoms with Crippen LogP contribution in [-0.2, 0) is 0 Å². The summed E-state index contributed by atoms with van der Waals surface area (Å²) in [7, 11) is 2.18. The fourth-order valence-electron chi connectivity index (χ4n) is 2.91. The molecule has 1 aliphatic heterocycles. The fraction of sp³-hybridized carbons (Fsp3) is 0.647. The minimum absolute atomic E-state index is 1.05. The number of anilines is 2. The third-order valence-corrected chi connectivity index (χ3v) is 4.05. The predicted molar refractivity (Wildman–Crippen MR) is 85.1 cm³/mol. The molecule has 0 amide bonds.